The van der Waals surface area contributed by atoms with Crippen molar-refractivity contribution in [3.05, 3.63) is 12.5 Å². The average molecular weight is 176 g/mol. The molecule has 62 valence electrons. The lowest BCUT2D eigenvalue weighted by Crippen LogP contribution is -3.00. The van der Waals surface area contributed by atoms with Crippen LogP contribution in [0, 0.1) is 0 Å². The van der Waals surface area contributed by atoms with Crippen LogP contribution in [-0.4, -0.2) is 10.9 Å². The number of anilines is 1. The topological polar surface area (TPSA) is 48.8 Å². The molecule has 0 aliphatic rings. The van der Waals surface area contributed by atoms with E-state index in [1.54, 1.807) is 12.5 Å². The second-order valence-corrected chi connectivity index (χ2v) is 2.16. The van der Waals surface area contributed by atoms with Gasteiger partial charge in [0.05, 0.1) is 7.05 Å². The van der Waals surface area contributed by atoms with Gasteiger partial charge in [0.1, 0.15) is 0 Å². The first-order chi connectivity index (χ1) is 4.68. The fourth-order valence-corrected chi connectivity index (χ4v) is 0.708. The Balaban J connectivity index is 0.000001000. The van der Waals surface area contributed by atoms with Gasteiger partial charge in [-0.2, -0.15) is 0 Å². The zero-order chi connectivity index (χ0) is 7.56. The first-order valence-corrected chi connectivity index (χ1v) is 3.00. The molecule has 0 aliphatic carbocycles. The largest absolute Gasteiger partial charge is 1.00 e. The number of aromatic amines is 1. The number of hydrogen-bond acceptors (Lipinski definition) is 1. The maximum absolute atomic E-state index is 10.5. The predicted molar refractivity (Wildman–Crippen MR) is 36.3 cm³/mol. The summed E-state index contributed by atoms with van der Waals surface area (Å²) >= 11 is 0. The SMILES string of the molecule is CC(=O)Nc1c[n+](C)c[nH]1.[Cl-]. The van der Waals surface area contributed by atoms with Crippen LogP contribution in [0.4, 0.5) is 5.82 Å². The Morgan fingerprint density at radius 2 is 2.36 bits per heavy atom. The normalized spacial score (nSPS) is 8.55. The van der Waals surface area contributed by atoms with Gasteiger partial charge in [0.2, 0.25) is 18.1 Å². The third kappa shape index (κ3) is 3.04. The molecule has 4 nitrogen and oxygen atoms in total. The number of hydrogen-bond donors (Lipinski definition) is 2. The van der Waals surface area contributed by atoms with Crippen molar-refractivity contribution < 1.29 is 21.8 Å². The molecule has 0 spiro atoms. The summed E-state index contributed by atoms with van der Waals surface area (Å²) in [4.78, 5) is 13.3. The minimum absolute atomic E-state index is 0. The molecule has 1 aromatic heterocycles. The van der Waals surface area contributed by atoms with Gasteiger partial charge in [-0.25, -0.2) is 9.55 Å². The summed E-state index contributed by atoms with van der Waals surface area (Å²) in [6.07, 6.45) is 3.55. The molecule has 0 unspecified atom stereocenters. The van der Waals surface area contributed by atoms with Gasteiger partial charge in [-0.3, -0.25) is 10.1 Å². The Bertz CT molecular complexity index is 246. The van der Waals surface area contributed by atoms with E-state index in [1.165, 1.54) is 6.92 Å². The number of amides is 1. The van der Waals surface area contributed by atoms with Gasteiger partial charge >= 0.3 is 0 Å². The molecule has 1 rings (SSSR count). The summed E-state index contributed by atoms with van der Waals surface area (Å²) in [5.41, 5.74) is 0. The first kappa shape index (κ1) is 9.97. The quantitative estimate of drug-likeness (QED) is 0.434. The number of H-pyrrole nitrogens is 1. The van der Waals surface area contributed by atoms with E-state index in [0.717, 1.165) is 5.82 Å². The summed E-state index contributed by atoms with van der Waals surface area (Å²) in [5, 5.41) is 2.61. The summed E-state index contributed by atoms with van der Waals surface area (Å²) < 4.78 is 1.82. The summed E-state index contributed by atoms with van der Waals surface area (Å²) in [5.74, 6) is 0.650. The molecule has 0 radical (unpaired) electrons. The van der Waals surface area contributed by atoms with E-state index in [-0.39, 0.29) is 18.3 Å². The number of halogens is 1. The van der Waals surface area contributed by atoms with Crippen LogP contribution in [0.5, 0.6) is 0 Å². The fraction of sp³-hybridized carbons (Fsp3) is 0.333. The number of rotatable bonds is 1. The van der Waals surface area contributed by atoms with Crippen molar-refractivity contribution >= 4 is 11.7 Å². The summed E-state index contributed by atoms with van der Waals surface area (Å²) in [6, 6.07) is 0. The molecule has 1 aromatic rings. The van der Waals surface area contributed by atoms with Crippen LogP contribution >= 0.6 is 0 Å². The minimum Gasteiger partial charge on any atom is -1.00 e. The monoisotopic (exact) mass is 175 g/mol. The van der Waals surface area contributed by atoms with Gasteiger partial charge in [0.25, 0.3) is 0 Å². The smallest absolute Gasteiger partial charge is 0.243 e. The van der Waals surface area contributed by atoms with Crippen molar-refractivity contribution in [2.75, 3.05) is 5.32 Å². The van der Waals surface area contributed by atoms with Gasteiger partial charge in [0.15, 0.2) is 6.20 Å². The molecule has 2 N–H and O–H groups in total. The Hall–Kier alpha value is -1.03. The molecule has 0 saturated carbocycles. The number of carbonyl (C=O) groups is 1. The van der Waals surface area contributed by atoms with Gasteiger partial charge in [0, 0.05) is 6.92 Å². The zero-order valence-electron chi connectivity index (χ0n) is 6.39. The molecule has 11 heavy (non-hydrogen) atoms. The van der Waals surface area contributed by atoms with Gasteiger partial charge < -0.3 is 12.4 Å². The van der Waals surface area contributed by atoms with E-state index in [4.69, 9.17) is 0 Å². The molecule has 5 heteroatoms. The molecular weight excluding hydrogens is 166 g/mol. The lowest BCUT2D eigenvalue weighted by Gasteiger charge is -1.88. The van der Waals surface area contributed by atoms with Crippen LogP contribution in [0.25, 0.3) is 0 Å². The highest BCUT2D eigenvalue weighted by Gasteiger charge is 2.01. The molecule has 0 bridgehead atoms. The standard InChI is InChI=1S/C6H9N3O.ClH/c1-5(10)8-6-3-9(2)4-7-6;/h3-4H,1-2H3,(H,8,10);1H. The number of aromatic nitrogens is 2. The fourth-order valence-electron chi connectivity index (χ4n) is 0.708. The molecular formula is C6H10ClN3O. The highest BCUT2D eigenvalue weighted by Crippen LogP contribution is 1.94. The number of nitrogens with one attached hydrogen (secondary N) is 2. The molecule has 1 heterocycles. The van der Waals surface area contributed by atoms with E-state index < -0.39 is 0 Å². The van der Waals surface area contributed by atoms with Crippen LogP contribution in [-0.2, 0) is 11.8 Å². The van der Waals surface area contributed by atoms with E-state index in [2.05, 4.69) is 10.3 Å². The zero-order valence-corrected chi connectivity index (χ0v) is 7.14. The van der Waals surface area contributed by atoms with Gasteiger partial charge in [-0.15, -0.1) is 0 Å². The number of imidazole rings is 1. The van der Waals surface area contributed by atoms with Crippen molar-refractivity contribution in [1.82, 2.24) is 4.98 Å². The Morgan fingerprint density at radius 3 is 2.73 bits per heavy atom. The van der Waals surface area contributed by atoms with Crippen LogP contribution in [0.1, 0.15) is 6.92 Å². The Kier molecular flexibility index (Phi) is 3.60. The van der Waals surface area contributed by atoms with E-state index >= 15 is 0 Å². The van der Waals surface area contributed by atoms with Gasteiger partial charge in [-0.1, -0.05) is 0 Å². The first-order valence-electron chi connectivity index (χ1n) is 3.00. The number of carbonyl (C=O) groups excluding carboxylic acids is 1. The third-order valence-electron chi connectivity index (χ3n) is 1.07. The maximum atomic E-state index is 10.5. The number of aryl methyl sites for hydroxylation is 1. The average Bonchev–Trinajstić information content (AvgIpc) is 2.13. The van der Waals surface area contributed by atoms with E-state index in [1.807, 2.05) is 11.6 Å². The number of nitrogens with zero attached hydrogens (tertiary/aromatic N) is 1. The van der Waals surface area contributed by atoms with Crippen LogP contribution < -0.4 is 22.3 Å². The maximum Gasteiger partial charge on any atom is 0.243 e. The summed E-state index contributed by atoms with van der Waals surface area (Å²) in [7, 11) is 1.88. The van der Waals surface area contributed by atoms with Crippen LogP contribution in [0.2, 0.25) is 0 Å². The van der Waals surface area contributed by atoms with Gasteiger partial charge in [-0.05, 0) is 0 Å². The van der Waals surface area contributed by atoms with Crippen molar-refractivity contribution in [3.8, 4) is 0 Å². The van der Waals surface area contributed by atoms with Crippen molar-refractivity contribution in [1.29, 1.82) is 0 Å². The molecule has 0 saturated heterocycles. The molecule has 1 amide bonds. The molecule has 0 aliphatic heterocycles. The van der Waals surface area contributed by atoms with Crippen LogP contribution in [0.3, 0.4) is 0 Å². The molecule has 0 atom stereocenters. The highest BCUT2D eigenvalue weighted by molar-refractivity contribution is 5.87. The third-order valence-corrected chi connectivity index (χ3v) is 1.07. The Morgan fingerprint density at radius 1 is 1.73 bits per heavy atom. The molecule has 0 aromatic carbocycles. The minimum atomic E-state index is -0.0672. The van der Waals surface area contributed by atoms with E-state index in [0.29, 0.717) is 0 Å². The molecule has 0 fully saturated rings. The summed E-state index contributed by atoms with van der Waals surface area (Å²) in [6.45, 7) is 1.47. The second kappa shape index (κ2) is 3.98. The Labute approximate surface area is 71.0 Å². The van der Waals surface area contributed by atoms with Crippen LogP contribution in [0.15, 0.2) is 12.5 Å². The predicted octanol–water partition coefficient (Wildman–Crippen LogP) is -3.20. The van der Waals surface area contributed by atoms with E-state index in [9.17, 15) is 4.79 Å². The lowest BCUT2D eigenvalue weighted by atomic mass is 10.6. The lowest BCUT2D eigenvalue weighted by molar-refractivity contribution is -0.669. The van der Waals surface area contributed by atoms with Crippen molar-refractivity contribution in [3.63, 3.8) is 0 Å². The van der Waals surface area contributed by atoms with Crippen molar-refractivity contribution in [2.24, 2.45) is 7.05 Å². The highest BCUT2D eigenvalue weighted by atomic mass is 35.5. The second-order valence-electron chi connectivity index (χ2n) is 2.16. The van der Waals surface area contributed by atoms with Crippen molar-refractivity contribution in [2.45, 2.75) is 6.92 Å².